The van der Waals surface area contributed by atoms with E-state index in [1.54, 1.807) is 12.1 Å². The Morgan fingerprint density at radius 1 is 1.32 bits per heavy atom. The molecule has 4 rings (SSSR count). The normalized spacial score (nSPS) is 31.8. The fraction of sp³-hybridized carbons (Fsp3) is 0.550. The number of aliphatic hydroxyl groups excluding tert-OH is 1. The highest BCUT2D eigenvalue weighted by Gasteiger charge is 2.52. The highest BCUT2D eigenvalue weighted by Crippen LogP contribution is 2.59. The van der Waals surface area contributed by atoms with Gasteiger partial charge >= 0.3 is 16.4 Å². The van der Waals surface area contributed by atoms with E-state index < -0.39 is 16.4 Å². The summed E-state index contributed by atoms with van der Waals surface area (Å²) in [6, 6.07) is 4.86. The largest absolute Gasteiger partial charge is 0.481 e. The number of hydrogen-bond donors (Lipinski definition) is 3. The Morgan fingerprint density at radius 2 is 2.07 bits per heavy atom. The van der Waals surface area contributed by atoms with Crippen LogP contribution in [-0.4, -0.2) is 35.3 Å². The number of carboxylic acids is 1. The first-order valence-electron chi connectivity index (χ1n) is 9.51. The van der Waals surface area contributed by atoms with E-state index in [9.17, 15) is 23.4 Å². The Balaban J connectivity index is 1.81. The SMILES string of the molecule is C[C@]12CCC3=C(C(CC(=O)O)Cc4cc(OS(=O)(=O)O)ccc43)[C@@H]1CC[C@@H]2O. The van der Waals surface area contributed by atoms with Crippen LogP contribution in [0.15, 0.2) is 23.8 Å². The quantitative estimate of drug-likeness (QED) is 0.655. The van der Waals surface area contributed by atoms with E-state index in [1.165, 1.54) is 6.07 Å². The molecule has 1 fully saturated rings. The number of carbonyl (C=O) groups is 1. The number of rotatable bonds is 4. The maximum atomic E-state index is 11.5. The predicted octanol–water partition coefficient (Wildman–Crippen LogP) is 2.84. The molecule has 8 heteroatoms. The second-order valence-electron chi connectivity index (χ2n) is 8.41. The van der Waals surface area contributed by atoms with Crippen LogP contribution in [0.25, 0.3) is 5.57 Å². The third-order valence-corrected chi connectivity index (χ3v) is 7.26. The summed E-state index contributed by atoms with van der Waals surface area (Å²) in [4.78, 5) is 11.5. The Labute approximate surface area is 164 Å². The van der Waals surface area contributed by atoms with Gasteiger partial charge in [0, 0.05) is 5.41 Å². The van der Waals surface area contributed by atoms with Gasteiger partial charge in [-0.1, -0.05) is 18.6 Å². The van der Waals surface area contributed by atoms with Gasteiger partial charge in [0.15, 0.2) is 0 Å². The van der Waals surface area contributed by atoms with Gasteiger partial charge in [-0.15, -0.1) is 0 Å². The van der Waals surface area contributed by atoms with Gasteiger partial charge < -0.3 is 14.4 Å². The summed E-state index contributed by atoms with van der Waals surface area (Å²) in [6.07, 6.45) is 3.25. The highest BCUT2D eigenvalue weighted by molar-refractivity contribution is 7.81. The van der Waals surface area contributed by atoms with E-state index in [-0.39, 0.29) is 35.5 Å². The standard InChI is InChI=1S/C20H24O7S/c1-20-7-6-15-14-3-2-13(27-28(24,25)26)9-11(14)8-12(10-18(22)23)19(15)16(20)4-5-17(20)21/h2-3,9,12,16-17,21H,4-8,10H2,1H3,(H,22,23)(H,24,25,26)/t12?,16-,17-,20-/m0/s1. The van der Waals surface area contributed by atoms with Crippen LogP contribution >= 0.6 is 0 Å². The molecular formula is C20H24O7S. The Bertz CT molecular complexity index is 965. The molecule has 0 bridgehead atoms. The maximum Gasteiger partial charge on any atom is 0.446 e. The summed E-state index contributed by atoms with van der Waals surface area (Å²) < 4.78 is 35.6. The average Bonchev–Trinajstić information content (AvgIpc) is 2.88. The number of aliphatic carboxylic acids is 1. The van der Waals surface area contributed by atoms with Gasteiger partial charge in [-0.05, 0) is 72.8 Å². The lowest BCUT2D eigenvalue weighted by Gasteiger charge is -2.46. The average molecular weight is 408 g/mol. The smallest absolute Gasteiger partial charge is 0.446 e. The van der Waals surface area contributed by atoms with E-state index in [2.05, 4.69) is 11.1 Å². The third-order valence-electron chi connectivity index (χ3n) is 6.85. The van der Waals surface area contributed by atoms with Crippen LogP contribution in [0.2, 0.25) is 0 Å². The molecule has 1 saturated carbocycles. The Morgan fingerprint density at radius 3 is 2.75 bits per heavy atom. The Hall–Kier alpha value is -1.90. The summed E-state index contributed by atoms with van der Waals surface area (Å²) in [7, 11) is -4.62. The lowest BCUT2D eigenvalue weighted by Crippen LogP contribution is -2.39. The van der Waals surface area contributed by atoms with Crippen molar-refractivity contribution < 1.29 is 32.2 Å². The van der Waals surface area contributed by atoms with Crippen LogP contribution in [0.4, 0.5) is 0 Å². The van der Waals surface area contributed by atoms with Crippen molar-refractivity contribution in [3.05, 3.63) is 34.9 Å². The molecule has 0 amide bonds. The van der Waals surface area contributed by atoms with E-state index >= 15 is 0 Å². The zero-order valence-electron chi connectivity index (χ0n) is 15.6. The minimum Gasteiger partial charge on any atom is -0.481 e. The molecule has 0 radical (unpaired) electrons. The fourth-order valence-electron chi connectivity index (χ4n) is 5.61. The van der Waals surface area contributed by atoms with E-state index in [0.717, 1.165) is 48.0 Å². The van der Waals surface area contributed by atoms with Crippen LogP contribution in [0.1, 0.15) is 50.2 Å². The fourth-order valence-corrected chi connectivity index (χ4v) is 5.96. The lowest BCUT2D eigenvalue weighted by atomic mass is 9.59. The molecule has 152 valence electrons. The van der Waals surface area contributed by atoms with E-state index in [4.69, 9.17) is 4.55 Å². The molecule has 1 aromatic rings. The number of fused-ring (bicyclic) bond motifs is 4. The van der Waals surface area contributed by atoms with E-state index in [0.29, 0.717) is 6.42 Å². The molecule has 3 aliphatic rings. The number of allylic oxidation sites excluding steroid dienone is 2. The van der Waals surface area contributed by atoms with Gasteiger partial charge in [-0.3, -0.25) is 9.35 Å². The molecule has 0 spiro atoms. The van der Waals surface area contributed by atoms with Crippen LogP contribution in [0.5, 0.6) is 5.75 Å². The first-order chi connectivity index (χ1) is 13.1. The number of carboxylic acid groups (broad SMARTS) is 1. The molecule has 7 nitrogen and oxygen atoms in total. The van der Waals surface area contributed by atoms with Crippen molar-refractivity contribution >= 4 is 21.9 Å². The van der Waals surface area contributed by atoms with Crippen LogP contribution in [0, 0.1) is 17.3 Å². The van der Waals surface area contributed by atoms with Crippen LogP contribution < -0.4 is 4.18 Å². The molecule has 0 saturated heterocycles. The first-order valence-corrected chi connectivity index (χ1v) is 10.9. The van der Waals surface area contributed by atoms with E-state index in [1.807, 2.05) is 0 Å². The van der Waals surface area contributed by atoms with Gasteiger partial charge in [-0.2, -0.15) is 8.42 Å². The maximum absolute atomic E-state index is 11.5. The zero-order chi connectivity index (χ0) is 20.3. The second kappa shape index (κ2) is 6.57. The molecule has 28 heavy (non-hydrogen) atoms. The molecule has 0 aromatic heterocycles. The van der Waals surface area contributed by atoms with Crippen molar-refractivity contribution in [2.75, 3.05) is 0 Å². The van der Waals surface area contributed by atoms with Crippen LogP contribution in [0.3, 0.4) is 0 Å². The van der Waals surface area contributed by atoms with Crippen molar-refractivity contribution in [2.24, 2.45) is 17.3 Å². The van der Waals surface area contributed by atoms with Gasteiger partial charge in [0.25, 0.3) is 0 Å². The van der Waals surface area contributed by atoms with Crippen molar-refractivity contribution in [1.82, 2.24) is 0 Å². The molecule has 3 aliphatic carbocycles. The molecule has 3 N–H and O–H groups in total. The number of hydrogen-bond acceptors (Lipinski definition) is 5. The van der Waals surface area contributed by atoms with Gasteiger partial charge in [0.1, 0.15) is 5.75 Å². The first kappa shape index (κ1) is 19.4. The summed E-state index contributed by atoms with van der Waals surface area (Å²) in [5.74, 6) is -0.902. The zero-order valence-corrected chi connectivity index (χ0v) is 16.4. The minimum atomic E-state index is -4.62. The number of benzene rings is 1. The molecule has 0 aliphatic heterocycles. The van der Waals surface area contributed by atoms with Gasteiger partial charge in [0.05, 0.1) is 12.5 Å². The van der Waals surface area contributed by atoms with Crippen molar-refractivity contribution in [3.8, 4) is 5.75 Å². The highest BCUT2D eigenvalue weighted by atomic mass is 32.3. The molecule has 4 atom stereocenters. The number of aliphatic hydroxyl groups is 1. The Kier molecular flexibility index (Phi) is 4.56. The second-order valence-corrected chi connectivity index (χ2v) is 9.44. The molecule has 1 aromatic carbocycles. The summed E-state index contributed by atoms with van der Waals surface area (Å²) in [6.45, 7) is 2.11. The predicted molar refractivity (Wildman–Crippen MR) is 101 cm³/mol. The minimum absolute atomic E-state index is 0.00959. The molecular weight excluding hydrogens is 384 g/mol. The lowest BCUT2D eigenvalue weighted by molar-refractivity contribution is -0.137. The van der Waals surface area contributed by atoms with Crippen molar-refractivity contribution in [3.63, 3.8) is 0 Å². The summed E-state index contributed by atoms with van der Waals surface area (Å²) in [5.41, 5.74) is 3.88. The summed E-state index contributed by atoms with van der Waals surface area (Å²) >= 11 is 0. The van der Waals surface area contributed by atoms with Crippen molar-refractivity contribution in [2.45, 2.75) is 51.6 Å². The third kappa shape index (κ3) is 3.23. The van der Waals surface area contributed by atoms with Gasteiger partial charge in [-0.25, -0.2) is 0 Å². The topological polar surface area (TPSA) is 121 Å². The van der Waals surface area contributed by atoms with Crippen LogP contribution in [-0.2, 0) is 21.6 Å². The molecule has 1 unspecified atom stereocenters. The van der Waals surface area contributed by atoms with Gasteiger partial charge in [0.2, 0.25) is 0 Å². The van der Waals surface area contributed by atoms with Crippen molar-refractivity contribution in [1.29, 1.82) is 0 Å². The monoisotopic (exact) mass is 408 g/mol. The molecule has 0 heterocycles. The summed E-state index contributed by atoms with van der Waals surface area (Å²) in [5, 5.41) is 20.0.